The zero-order chi connectivity index (χ0) is 9.97. The van der Waals surface area contributed by atoms with Crippen LogP contribution in [0, 0.1) is 5.92 Å². The largest absolute Gasteiger partial charge is 0.263 e. The van der Waals surface area contributed by atoms with Gasteiger partial charge in [-0.05, 0) is 45.7 Å². The SMILES string of the molecule is Brc1cncc(CC2CSCC2Br)c1. The van der Waals surface area contributed by atoms with Crippen molar-refractivity contribution < 1.29 is 0 Å². The lowest BCUT2D eigenvalue weighted by molar-refractivity contribution is 0.615. The molecule has 1 aromatic rings. The van der Waals surface area contributed by atoms with E-state index in [1.165, 1.54) is 17.1 Å². The van der Waals surface area contributed by atoms with Gasteiger partial charge in [0.15, 0.2) is 0 Å². The van der Waals surface area contributed by atoms with Crippen LogP contribution in [-0.4, -0.2) is 21.3 Å². The first-order valence-electron chi connectivity index (χ1n) is 4.57. The number of halogens is 2. The lowest BCUT2D eigenvalue weighted by atomic mass is 10.0. The third kappa shape index (κ3) is 2.74. The number of thioether (sulfide) groups is 1. The van der Waals surface area contributed by atoms with Crippen molar-refractivity contribution >= 4 is 43.6 Å². The normalized spacial score (nSPS) is 26.7. The topological polar surface area (TPSA) is 12.9 Å². The Bertz CT molecular complexity index is 319. The van der Waals surface area contributed by atoms with Crippen molar-refractivity contribution in [2.45, 2.75) is 11.2 Å². The second kappa shape index (κ2) is 4.99. The van der Waals surface area contributed by atoms with Crippen molar-refractivity contribution in [3.05, 3.63) is 28.5 Å². The van der Waals surface area contributed by atoms with Gasteiger partial charge in [0.05, 0.1) is 0 Å². The number of pyridine rings is 1. The quantitative estimate of drug-likeness (QED) is 0.766. The highest BCUT2D eigenvalue weighted by atomic mass is 79.9. The van der Waals surface area contributed by atoms with Crippen molar-refractivity contribution in [2.75, 3.05) is 11.5 Å². The van der Waals surface area contributed by atoms with Crippen molar-refractivity contribution in [3.63, 3.8) is 0 Å². The highest BCUT2D eigenvalue weighted by Crippen LogP contribution is 2.32. The Kier molecular flexibility index (Phi) is 3.91. The molecule has 0 N–H and O–H groups in total. The van der Waals surface area contributed by atoms with Crippen LogP contribution in [0.5, 0.6) is 0 Å². The van der Waals surface area contributed by atoms with Crippen LogP contribution in [0.3, 0.4) is 0 Å². The first-order chi connectivity index (χ1) is 6.75. The van der Waals surface area contributed by atoms with Gasteiger partial charge in [0.2, 0.25) is 0 Å². The van der Waals surface area contributed by atoms with Crippen LogP contribution in [0.2, 0.25) is 0 Å². The molecule has 14 heavy (non-hydrogen) atoms. The first-order valence-corrected chi connectivity index (χ1v) is 7.43. The average molecular weight is 337 g/mol. The summed E-state index contributed by atoms with van der Waals surface area (Å²) >= 11 is 9.21. The smallest absolute Gasteiger partial charge is 0.0410 e. The monoisotopic (exact) mass is 335 g/mol. The van der Waals surface area contributed by atoms with E-state index in [2.05, 4.69) is 42.9 Å². The summed E-state index contributed by atoms with van der Waals surface area (Å²) in [5, 5.41) is 0. The molecule has 2 heterocycles. The molecule has 2 unspecified atom stereocenters. The Labute approximate surface area is 105 Å². The lowest BCUT2D eigenvalue weighted by Gasteiger charge is -2.12. The van der Waals surface area contributed by atoms with E-state index in [9.17, 15) is 0 Å². The summed E-state index contributed by atoms with van der Waals surface area (Å²) in [6.07, 6.45) is 4.93. The third-order valence-electron chi connectivity index (χ3n) is 2.38. The van der Waals surface area contributed by atoms with Gasteiger partial charge >= 0.3 is 0 Å². The summed E-state index contributed by atoms with van der Waals surface area (Å²) in [6, 6.07) is 2.16. The molecular weight excluding hydrogens is 326 g/mol. The molecule has 4 heteroatoms. The van der Waals surface area contributed by atoms with Gasteiger partial charge in [0.1, 0.15) is 0 Å². The molecule has 1 aliphatic heterocycles. The molecule has 1 aromatic heterocycles. The second-order valence-electron chi connectivity index (χ2n) is 3.53. The molecule has 0 aliphatic carbocycles. The molecule has 1 fully saturated rings. The second-order valence-corrected chi connectivity index (χ2v) is 6.70. The van der Waals surface area contributed by atoms with E-state index < -0.39 is 0 Å². The molecule has 2 rings (SSSR count). The zero-order valence-corrected chi connectivity index (χ0v) is 11.6. The van der Waals surface area contributed by atoms with E-state index >= 15 is 0 Å². The van der Waals surface area contributed by atoms with Gasteiger partial charge < -0.3 is 0 Å². The van der Waals surface area contributed by atoms with Crippen molar-refractivity contribution in [1.29, 1.82) is 0 Å². The molecule has 76 valence electrons. The predicted molar refractivity (Wildman–Crippen MR) is 69.2 cm³/mol. The fourth-order valence-electron chi connectivity index (χ4n) is 1.63. The van der Waals surface area contributed by atoms with E-state index in [1.807, 2.05) is 24.2 Å². The number of aromatic nitrogens is 1. The molecule has 2 atom stereocenters. The first kappa shape index (κ1) is 11.0. The Morgan fingerprint density at radius 3 is 2.93 bits per heavy atom. The minimum atomic E-state index is 0.673. The van der Waals surface area contributed by atoms with Crippen molar-refractivity contribution in [3.8, 4) is 0 Å². The van der Waals surface area contributed by atoms with Gasteiger partial charge in [-0.15, -0.1) is 0 Å². The molecular formula is C10H11Br2NS. The predicted octanol–water partition coefficient (Wildman–Crippen LogP) is 3.51. The highest BCUT2D eigenvalue weighted by Gasteiger charge is 2.25. The standard InChI is InChI=1S/C10H11Br2NS/c11-9-2-7(3-13-4-9)1-8-5-14-6-10(8)12/h2-4,8,10H,1,5-6H2. The van der Waals surface area contributed by atoms with Crippen molar-refractivity contribution in [2.24, 2.45) is 5.92 Å². The number of hydrogen-bond acceptors (Lipinski definition) is 2. The number of nitrogens with zero attached hydrogens (tertiary/aromatic N) is 1. The number of alkyl halides is 1. The summed E-state index contributed by atoms with van der Waals surface area (Å²) in [5.74, 6) is 3.27. The van der Waals surface area contributed by atoms with Crippen LogP contribution in [-0.2, 0) is 6.42 Å². The third-order valence-corrected chi connectivity index (χ3v) is 5.57. The molecule has 0 radical (unpaired) electrons. The van der Waals surface area contributed by atoms with Crippen LogP contribution in [0.15, 0.2) is 22.9 Å². The fourth-order valence-corrected chi connectivity index (χ4v) is 4.51. The Balaban J connectivity index is 2.03. The summed E-state index contributed by atoms with van der Waals surface area (Å²) in [4.78, 5) is 4.85. The van der Waals surface area contributed by atoms with Crippen LogP contribution < -0.4 is 0 Å². The summed E-state index contributed by atoms with van der Waals surface area (Å²) < 4.78 is 1.08. The molecule has 1 nitrogen and oxygen atoms in total. The number of rotatable bonds is 2. The van der Waals surface area contributed by atoms with E-state index in [4.69, 9.17) is 0 Å². The van der Waals surface area contributed by atoms with E-state index in [-0.39, 0.29) is 0 Å². The lowest BCUT2D eigenvalue weighted by Crippen LogP contribution is -2.14. The maximum absolute atomic E-state index is 4.18. The molecule has 1 aliphatic rings. The van der Waals surface area contributed by atoms with Crippen LogP contribution in [0.25, 0.3) is 0 Å². The molecule has 0 saturated carbocycles. The Morgan fingerprint density at radius 2 is 2.29 bits per heavy atom. The fraction of sp³-hybridized carbons (Fsp3) is 0.500. The van der Waals surface area contributed by atoms with E-state index in [0.29, 0.717) is 4.83 Å². The number of hydrogen-bond donors (Lipinski definition) is 0. The molecule has 0 amide bonds. The zero-order valence-electron chi connectivity index (χ0n) is 7.62. The van der Waals surface area contributed by atoms with Gasteiger partial charge in [0.25, 0.3) is 0 Å². The minimum Gasteiger partial charge on any atom is -0.263 e. The molecule has 0 spiro atoms. The van der Waals surface area contributed by atoms with Crippen LogP contribution in [0.4, 0.5) is 0 Å². The van der Waals surface area contributed by atoms with Gasteiger partial charge in [-0.1, -0.05) is 15.9 Å². The molecule has 1 saturated heterocycles. The molecule has 0 bridgehead atoms. The summed E-state index contributed by atoms with van der Waals surface area (Å²) in [5.41, 5.74) is 1.33. The highest BCUT2D eigenvalue weighted by molar-refractivity contribution is 9.10. The Morgan fingerprint density at radius 1 is 1.43 bits per heavy atom. The van der Waals surface area contributed by atoms with E-state index in [0.717, 1.165) is 16.8 Å². The maximum Gasteiger partial charge on any atom is 0.0410 e. The van der Waals surface area contributed by atoms with Gasteiger partial charge in [-0.3, -0.25) is 4.98 Å². The Hall–Kier alpha value is 0.460. The average Bonchev–Trinajstić information content (AvgIpc) is 2.52. The van der Waals surface area contributed by atoms with Gasteiger partial charge in [-0.2, -0.15) is 11.8 Å². The van der Waals surface area contributed by atoms with E-state index in [1.54, 1.807) is 0 Å². The van der Waals surface area contributed by atoms with Gasteiger partial charge in [-0.25, -0.2) is 0 Å². The van der Waals surface area contributed by atoms with Crippen LogP contribution >= 0.6 is 43.6 Å². The molecule has 0 aromatic carbocycles. The summed E-state index contributed by atoms with van der Waals surface area (Å²) in [7, 11) is 0. The minimum absolute atomic E-state index is 0.673. The van der Waals surface area contributed by atoms with Crippen LogP contribution in [0.1, 0.15) is 5.56 Å². The van der Waals surface area contributed by atoms with Crippen molar-refractivity contribution in [1.82, 2.24) is 4.98 Å². The van der Waals surface area contributed by atoms with Gasteiger partial charge in [0, 0.05) is 27.4 Å². The maximum atomic E-state index is 4.18. The summed E-state index contributed by atoms with van der Waals surface area (Å²) in [6.45, 7) is 0.